The van der Waals surface area contributed by atoms with E-state index in [9.17, 15) is 17.6 Å². The maximum Gasteiger partial charge on any atom is 0.271 e. The average molecular weight is 378 g/mol. The Morgan fingerprint density at radius 1 is 1.19 bits per heavy atom. The molecule has 138 valence electrons. The van der Waals surface area contributed by atoms with Crippen molar-refractivity contribution in [3.8, 4) is 0 Å². The zero-order valence-electron chi connectivity index (χ0n) is 14.0. The van der Waals surface area contributed by atoms with Crippen LogP contribution in [0, 0.1) is 5.82 Å². The van der Waals surface area contributed by atoms with Crippen molar-refractivity contribution < 1.29 is 17.6 Å². The molecular formula is C17H19FN4O3S. The first-order chi connectivity index (χ1) is 12.4. The molecule has 2 N–H and O–H groups in total. The summed E-state index contributed by atoms with van der Waals surface area (Å²) in [7, 11) is -3.05. The molecule has 0 saturated carbocycles. The Kier molecular flexibility index (Phi) is 5.46. The van der Waals surface area contributed by atoms with E-state index in [2.05, 4.69) is 20.6 Å². The number of nitrogens with zero attached hydrogens (tertiary/aromatic N) is 2. The van der Waals surface area contributed by atoms with E-state index in [1.807, 2.05) is 0 Å². The Labute approximate surface area is 151 Å². The lowest BCUT2D eigenvalue weighted by molar-refractivity contribution is 0.0935. The molecule has 1 unspecified atom stereocenters. The smallest absolute Gasteiger partial charge is 0.271 e. The summed E-state index contributed by atoms with van der Waals surface area (Å²) in [5, 5.41) is 5.75. The third-order valence-electron chi connectivity index (χ3n) is 4.09. The van der Waals surface area contributed by atoms with Crippen molar-refractivity contribution in [2.24, 2.45) is 0 Å². The van der Waals surface area contributed by atoms with E-state index >= 15 is 0 Å². The second-order valence-electron chi connectivity index (χ2n) is 6.16. The fourth-order valence-electron chi connectivity index (χ4n) is 2.69. The first-order valence-corrected chi connectivity index (χ1v) is 10.0. The molecule has 1 atom stereocenters. The summed E-state index contributed by atoms with van der Waals surface area (Å²) >= 11 is 0. The molecule has 1 amide bonds. The van der Waals surface area contributed by atoms with Crippen molar-refractivity contribution in [3.05, 3.63) is 53.7 Å². The summed E-state index contributed by atoms with van der Waals surface area (Å²) in [5.41, 5.74) is 1.13. The molecule has 26 heavy (non-hydrogen) atoms. The molecule has 1 saturated heterocycles. The van der Waals surface area contributed by atoms with E-state index in [4.69, 9.17) is 0 Å². The molecule has 0 radical (unpaired) electrons. The molecule has 1 fully saturated rings. The molecule has 2 heterocycles. The minimum Gasteiger partial charge on any atom is -0.368 e. The Bertz CT molecular complexity index is 870. The molecule has 0 bridgehead atoms. The average Bonchev–Trinajstić information content (AvgIpc) is 2.96. The zero-order valence-corrected chi connectivity index (χ0v) is 14.8. The van der Waals surface area contributed by atoms with Gasteiger partial charge < -0.3 is 10.6 Å². The second kappa shape index (κ2) is 7.77. The largest absolute Gasteiger partial charge is 0.368 e. The number of hydrogen-bond acceptors (Lipinski definition) is 6. The van der Waals surface area contributed by atoms with Gasteiger partial charge in [-0.15, -0.1) is 0 Å². The van der Waals surface area contributed by atoms with Gasteiger partial charge in [0.05, 0.1) is 23.9 Å². The highest BCUT2D eigenvalue weighted by molar-refractivity contribution is 7.91. The fraction of sp³-hybridized carbons (Fsp3) is 0.353. The van der Waals surface area contributed by atoms with E-state index in [0.29, 0.717) is 25.2 Å². The number of sulfone groups is 1. The van der Waals surface area contributed by atoms with Crippen LogP contribution in [0.4, 0.5) is 10.2 Å². The van der Waals surface area contributed by atoms with Gasteiger partial charge in [0, 0.05) is 12.6 Å². The minimum atomic E-state index is -3.05. The van der Waals surface area contributed by atoms with Gasteiger partial charge in [0.2, 0.25) is 0 Å². The van der Waals surface area contributed by atoms with Crippen LogP contribution in [-0.4, -0.2) is 48.4 Å². The molecule has 7 nitrogen and oxygen atoms in total. The standard InChI is InChI=1S/C17H19FN4O3S/c18-13-3-1-12(2-4-13)5-7-19-16-10-20-15(9-21-16)17(23)22-14-6-8-26(24,25)11-14/h1-4,9-10,14H,5-8,11H2,(H,19,21)(H,22,23). The van der Waals surface area contributed by atoms with E-state index in [1.54, 1.807) is 12.1 Å². The zero-order chi connectivity index (χ0) is 18.6. The minimum absolute atomic E-state index is 0.0325. The van der Waals surface area contributed by atoms with Crippen molar-refractivity contribution in [3.63, 3.8) is 0 Å². The Morgan fingerprint density at radius 2 is 1.96 bits per heavy atom. The summed E-state index contributed by atoms with van der Waals surface area (Å²) in [6.07, 6.45) is 3.91. The highest BCUT2D eigenvalue weighted by Crippen LogP contribution is 2.12. The summed E-state index contributed by atoms with van der Waals surface area (Å²) < 4.78 is 35.7. The van der Waals surface area contributed by atoms with Gasteiger partial charge in [-0.1, -0.05) is 12.1 Å². The van der Waals surface area contributed by atoms with Gasteiger partial charge in [0.1, 0.15) is 17.3 Å². The van der Waals surface area contributed by atoms with Gasteiger partial charge in [-0.3, -0.25) is 4.79 Å². The van der Waals surface area contributed by atoms with E-state index < -0.39 is 15.7 Å². The molecule has 0 spiro atoms. The number of rotatable bonds is 6. The van der Waals surface area contributed by atoms with Crippen LogP contribution in [0.15, 0.2) is 36.7 Å². The van der Waals surface area contributed by atoms with Gasteiger partial charge in [-0.05, 0) is 30.5 Å². The fourth-order valence-corrected chi connectivity index (χ4v) is 4.36. The van der Waals surface area contributed by atoms with E-state index in [-0.39, 0.29) is 29.1 Å². The van der Waals surface area contributed by atoms with Gasteiger partial charge in [-0.25, -0.2) is 22.8 Å². The Morgan fingerprint density at radius 3 is 2.58 bits per heavy atom. The van der Waals surface area contributed by atoms with E-state index in [1.165, 1.54) is 24.5 Å². The number of carbonyl (C=O) groups excluding carboxylic acids is 1. The SMILES string of the molecule is O=C(NC1CCS(=O)(=O)C1)c1cnc(NCCc2ccc(F)cc2)cn1. The molecule has 1 aliphatic heterocycles. The number of carbonyl (C=O) groups is 1. The van der Waals surface area contributed by atoms with Crippen molar-refractivity contribution in [2.45, 2.75) is 18.9 Å². The summed E-state index contributed by atoms with van der Waals surface area (Å²) in [6.45, 7) is 0.589. The lowest BCUT2D eigenvalue weighted by Crippen LogP contribution is -2.36. The number of hydrogen-bond donors (Lipinski definition) is 2. The van der Waals surface area contributed by atoms with Crippen molar-refractivity contribution >= 4 is 21.6 Å². The first kappa shape index (κ1) is 18.2. The van der Waals surface area contributed by atoms with Crippen molar-refractivity contribution in [1.29, 1.82) is 0 Å². The molecule has 1 aliphatic rings. The van der Waals surface area contributed by atoms with Gasteiger partial charge in [0.25, 0.3) is 5.91 Å². The Hall–Kier alpha value is -2.55. The van der Waals surface area contributed by atoms with Crippen molar-refractivity contribution in [2.75, 3.05) is 23.4 Å². The van der Waals surface area contributed by atoms with Gasteiger partial charge in [-0.2, -0.15) is 0 Å². The van der Waals surface area contributed by atoms with Crippen LogP contribution in [0.5, 0.6) is 0 Å². The second-order valence-corrected chi connectivity index (χ2v) is 8.39. The number of nitrogens with one attached hydrogen (secondary N) is 2. The van der Waals surface area contributed by atoms with Crippen LogP contribution in [0.2, 0.25) is 0 Å². The molecule has 1 aromatic carbocycles. The lowest BCUT2D eigenvalue weighted by Gasteiger charge is -2.10. The maximum absolute atomic E-state index is 12.8. The van der Waals surface area contributed by atoms with Gasteiger partial charge >= 0.3 is 0 Å². The van der Waals surface area contributed by atoms with Crippen LogP contribution in [0.25, 0.3) is 0 Å². The number of aromatic nitrogens is 2. The predicted molar refractivity (Wildman–Crippen MR) is 95.2 cm³/mol. The number of benzene rings is 1. The summed E-state index contributed by atoms with van der Waals surface area (Å²) in [6, 6.07) is 5.90. The topological polar surface area (TPSA) is 101 Å². The number of halogens is 1. The van der Waals surface area contributed by atoms with Crippen molar-refractivity contribution in [1.82, 2.24) is 15.3 Å². The molecular weight excluding hydrogens is 359 g/mol. The molecule has 0 aliphatic carbocycles. The predicted octanol–water partition coefficient (Wildman–Crippen LogP) is 1.19. The van der Waals surface area contributed by atoms with Crippen LogP contribution >= 0.6 is 0 Å². The summed E-state index contributed by atoms with van der Waals surface area (Å²) in [5.74, 6) is -0.114. The van der Waals surface area contributed by atoms with E-state index in [0.717, 1.165) is 5.56 Å². The molecule has 9 heteroatoms. The van der Waals surface area contributed by atoms with Crippen LogP contribution in [0.3, 0.4) is 0 Å². The highest BCUT2D eigenvalue weighted by atomic mass is 32.2. The highest BCUT2D eigenvalue weighted by Gasteiger charge is 2.29. The summed E-state index contributed by atoms with van der Waals surface area (Å²) in [4.78, 5) is 20.3. The maximum atomic E-state index is 12.8. The van der Waals surface area contributed by atoms with Crippen LogP contribution in [0.1, 0.15) is 22.5 Å². The number of anilines is 1. The Balaban J connectivity index is 1.48. The third kappa shape index (κ3) is 4.98. The quantitative estimate of drug-likeness (QED) is 0.783. The normalized spacial score (nSPS) is 18.4. The molecule has 1 aromatic heterocycles. The van der Waals surface area contributed by atoms with Gasteiger partial charge in [0.15, 0.2) is 9.84 Å². The number of amides is 1. The van der Waals surface area contributed by atoms with Crippen LogP contribution < -0.4 is 10.6 Å². The third-order valence-corrected chi connectivity index (χ3v) is 5.85. The monoisotopic (exact) mass is 378 g/mol. The molecule has 2 aromatic rings. The molecule has 3 rings (SSSR count). The first-order valence-electron chi connectivity index (χ1n) is 8.23. The van der Waals surface area contributed by atoms with Crippen LogP contribution in [-0.2, 0) is 16.3 Å². The lowest BCUT2D eigenvalue weighted by atomic mass is 10.1.